The number of aryl methyl sites for hydroxylation is 1. The molecule has 0 fully saturated rings. The number of amides is 2. The maximum absolute atomic E-state index is 12.9. The van der Waals surface area contributed by atoms with Gasteiger partial charge in [-0.2, -0.15) is 0 Å². The van der Waals surface area contributed by atoms with Crippen molar-refractivity contribution in [2.24, 2.45) is 0 Å². The van der Waals surface area contributed by atoms with Crippen molar-refractivity contribution in [2.75, 3.05) is 11.9 Å². The Bertz CT molecular complexity index is 963. The number of fused-ring (bicyclic) bond motifs is 1. The second kappa shape index (κ2) is 9.05. The lowest BCUT2D eigenvalue weighted by atomic mass is 9.93. The van der Waals surface area contributed by atoms with Crippen LogP contribution in [0.5, 0.6) is 0 Å². The molecular formula is C22H24N2O4S. The Morgan fingerprint density at radius 3 is 2.66 bits per heavy atom. The normalized spacial score (nSPS) is 15.0. The van der Waals surface area contributed by atoms with Crippen molar-refractivity contribution in [2.45, 2.75) is 39.7 Å². The van der Waals surface area contributed by atoms with Crippen LogP contribution in [0.4, 0.5) is 5.00 Å². The number of nitrogens with zero attached hydrogens (tertiary/aromatic N) is 1. The third-order valence-corrected chi connectivity index (χ3v) is 5.92. The van der Waals surface area contributed by atoms with Crippen LogP contribution >= 0.6 is 11.3 Å². The van der Waals surface area contributed by atoms with Crippen molar-refractivity contribution in [3.05, 3.63) is 58.1 Å². The van der Waals surface area contributed by atoms with Gasteiger partial charge >= 0.3 is 5.97 Å². The van der Waals surface area contributed by atoms with Crippen molar-refractivity contribution in [1.29, 1.82) is 0 Å². The summed E-state index contributed by atoms with van der Waals surface area (Å²) >= 11 is 1.37. The number of carbonyl (C=O) groups is 3. The summed E-state index contributed by atoms with van der Waals surface area (Å²) < 4.78 is 5.11. The van der Waals surface area contributed by atoms with E-state index in [1.807, 2.05) is 37.3 Å². The minimum atomic E-state index is -0.449. The number of rotatable bonds is 6. The van der Waals surface area contributed by atoms with Crippen LogP contribution in [0.15, 0.2) is 36.5 Å². The maximum Gasteiger partial charge on any atom is 0.341 e. The van der Waals surface area contributed by atoms with Gasteiger partial charge in [-0.15, -0.1) is 11.3 Å². The van der Waals surface area contributed by atoms with Crippen LogP contribution in [0.25, 0.3) is 6.08 Å². The van der Waals surface area contributed by atoms with Gasteiger partial charge in [0.15, 0.2) is 0 Å². The first-order valence-corrected chi connectivity index (χ1v) is 10.4. The number of benzene rings is 1. The van der Waals surface area contributed by atoms with Crippen molar-refractivity contribution >= 4 is 40.2 Å². The molecule has 152 valence electrons. The quantitative estimate of drug-likeness (QED) is 0.714. The number of hydrogen-bond acceptors (Lipinski definition) is 5. The van der Waals surface area contributed by atoms with E-state index >= 15 is 0 Å². The highest BCUT2D eigenvalue weighted by Crippen LogP contribution is 2.34. The summed E-state index contributed by atoms with van der Waals surface area (Å²) in [4.78, 5) is 39.8. The Morgan fingerprint density at radius 1 is 1.21 bits per heavy atom. The SMILES string of the molecule is CCOC(=O)c1cc(CC)sc1NC(=O)CC1c2ccccc2C=CN1C(C)=O. The molecular weight excluding hydrogens is 388 g/mol. The molecule has 0 saturated heterocycles. The molecule has 0 radical (unpaired) electrons. The van der Waals surface area contributed by atoms with Crippen LogP contribution in [0.3, 0.4) is 0 Å². The van der Waals surface area contributed by atoms with Crippen molar-refractivity contribution in [1.82, 2.24) is 4.90 Å². The van der Waals surface area contributed by atoms with Crippen molar-refractivity contribution in [3.63, 3.8) is 0 Å². The second-order valence-electron chi connectivity index (χ2n) is 6.67. The van der Waals surface area contributed by atoms with Crippen LogP contribution in [-0.4, -0.2) is 29.3 Å². The third kappa shape index (κ3) is 4.56. The zero-order valence-electron chi connectivity index (χ0n) is 16.7. The lowest BCUT2D eigenvalue weighted by molar-refractivity contribution is -0.129. The monoisotopic (exact) mass is 412 g/mol. The molecule has 2 heterocycles. The Hall–Kier alpha value is -2.93. The van der Waals surface area contributed by atoms with E-state index in [4.69, 9.17) is 4.74 Å². The number of esters is 1. The lowest BCUT2D eigenvalue weighted by Gasteiger charge is -2.32. The fourth-order valence-corrected chi connectivity index (χ4v) is 4.34. The van der Waals surface area contributed by atoms with Gasteiger partial charge in [0.05, 0.1) is 24.6 Å². The molecule has 1 aliphatic heterocycles. The van der Waals surface area contributed by atoms with Crippen molar-refractivity contribution in [3.8, 4) is 0 Å². The summed E-state index contributed by atoms with van der Waals surface area (Å²) in [5.41, 5.74) is 2.28. The number of ether oxygens (including phenoxy) is 1. The number of anilines is 1. The molecule has 1 aromatic carbocycles. The zero-order chi connectivity index (χ0) is 21.0. The van der Waals surface area contributed by atoms with Crippen LogP contribution in [0.2, 0.25) is 0 Å². The highest BCUT2D eigenvalue weighted by Gasteiger charge is 2.29. The number of carbonyl (C=O) groups excluding carboxylic acids is 3. The number of nitrogens with one attached hydrogen (secondary N) is 1. The Kier molecular flexibility index (Phi) is 6.49. The first-order chi connectivity index (χ1) is 13.9. The molecule has 1 aliphatic rings. The van der Waals surface area contributed by atoms with E-state index in [-0.39, 0.29) is 24.8 Å². The highest BCUT2D eigenvalue weighted by molar-refractivity contribution is 7.16. The molecule has 3 rings (SSSR count). The standard InChI is InChI=1S/C22H24N2O4S/c1-4-16-12-18(22(27)28-5-2)21(29-16)23-20(26)13-19-17-9-7-6-8-15(17)10-11-24(19)14(3)25/h6-12,19H,4-5,13H2,1-3H3,(H,23,26). The molecule has 0 aliphatic carbocycles. The average molecular weight is 413 g/mol. The number of thiophene rings is 1. The van der Waals surface area contributed by atoms with E-state index in [9.17, 15) is 14.4 Å². The number of hydrogen-bond donors (Lipinski definition) is 1. The van der Waals surface area contributed by atoms with Crippen LogP contribution < -0.4 is 5.32 Å². The molecule has 29 heavy (non-hydrogen) atoms. The van der Waals surface area contributed by atoms with Gasteiger partial charge < -0.3 is 15.0 Å². The summed E-state index contributed by atoms with van der Waals surface area (Å²) in [7, 11) is 0. The Balaban J connectivity index is 1.83. The summed E-state index contributed by atoms with van der Waals surface area (Å²) in [6.45, 7) is 5.48. The smallest absolute Gasteiger partial charge is 0.341 e. The molecule has 1 unspecified atom stereocenters. The fourth-order valence-electron chi connectivity index (χ4n) is 3.34. The fraction of sp³-hybridized carbons (Fsp3) is 0.318. The minimum Gasteiger partial charge on any atom is -0.462 e. The zero-order valence-corrected chi connectivity index (χ0v) is 17.5. The molecule has 2 aromatic rings. The third-order valence-electron chi connectivity index (χ3n) is 4.73. The lowest BCUT2D eigenvalue weighted by Crippen LogP contribution is -2.33. The summed E-state index contributed by atoms with van der Waals surface area (Å²) in [5, 5.41) is 3.34. The minimum absolute atomic E-state index is 0.0859. The summed E-state index contributed by atoms with van der Waals surface area (Å²) in [6.07, 6.45) is 4.43. The second-order valence-corrected chi connectivity index (χ2v) is 7.81. The van der Waals surface area contributed by atoms with Crippen LogP contribution in [0, 0.1) is 0 Å². The first kappa shape index (κ1) is 20.8. The maximum atomic E-state index is 12.9. The molecule has 1 N–H and O–H groups in total. The first-order valence-electron chi connectivity index (χ1n) is 9.60. The van der Waals surface area contributed by atoms with E-state index in [1.54, 1.807) is 24.1 Å². The van der Waals surface area contributed by atoms with Gasteiger partial charge in [0.1, 0.15) is 5.00 Å². The summed E-state index contributed by atoms with van der Waals surface area (Å²) in [5.74, 6) is -0.846. The molecule has 0 spiro atoms. The predicted molar refractivity (Wildman–Crippen MR) is 114 cm³/mol. The van der Waals surface area contributed by atoms with Gasteiger partial charge in [-0.05, 0) is 36.6 Å². The molecule has 1 aromatic heterocycles. The van der Waals surface area contributed by atoms with Gasteiger partial charge in [-0.25, -0.2) is 4.79 Å². The molecule has 0 bridgehead atoms. The summed E-state index contributed by atoms with van der Waals surface area (Å²) in [6, 6.07) is 9.07. The van der Waals surface area contributed by atoms with Gasteiger partial charge in [-0.1, -0.05) is 31.2 Å². The van der Waals surface area contributed by atoms with Crippen LogP contribution in [-0.2, 0) is 20.7 Å². The van der Waals surface area contributed by atoms with E-state index < -0.39 is 12.0 Å². The predicted octanol–water partition coefficient (Wildman–Crippen LogP) is 4.39. The van der Waals surface area contributed by atoms with E-state index in [0.29, 0.717) is 10.6 Å². The Morgan fingerprint density at radius 2 is 1.97 bits per heavy atom. The van der Waals surface area contributed by atoms with E-state index in [1.165, 1.54) is 18.3 Å². The molecule has 7 heteroatoms. The molecule has 2 amide bonds. The largest absolute Gasteiger partial charge is 0.462 e. The van der Waals surface area contributed by atoms with Gasteiger partial charge in [0.25, 0.3) is 0 Å². The van der Waals surface area contributed by atoms with Crippen molar-refractivity contribution < 1.29 is 19.1 Å². The van der Waals surface area contributed by atoms with Gasteiger partial charge in [0, 0.05) is 18.0 Å². The van der Waals surface area contributed by atoms with E-state index in [0.717, 1.165) is 22.4 Å². The van der Waals surface area contributed by atoms with E-state index in [2.05, 4.69) is 5.32 Å². The van der Waals surface area contributed by atoms with Crippen LogP contribution in [0.1, 0.15) is 59.6 Å². The van der Waals surface area contributed by atoms with Gasteiger partial charge in [-0.3, -0.25) is 9.59 Å². The molecule has 6 nitrogen and oxygen atoms in total. The highest BCUT2D eigenvalue weighted by atomic mass is 32.1. The Labute approximate surface area is 174 Å². The van der Waals surface area contributed by atoms with Gasteiger partial charge in [0.2, 0.25) is 11.8 Å². The topological polar surface area (TPSA) is 75.7 Å². The molecule has 1 atom stereocenters. The average Bonchev–Trinajstić information content (AvgIpc) is 3.11. The molecule has 0 saturated carbocycles.